The summed E-state index contributed by atoms with van der Waals surface area (Å²) in [6.07, 6.45) is 0.979. The highest BCUT2D eigenvalue weighted by molar-refractivity contribution is 7.86. The highest BCUT2D eigenvalue weighted by atomic mass is 32.2. The molecule has 0 fully saturated rings. The Morgan fingerprint density at radius 1 is 0.714 bits per heavy atom. The molecule has 10 heteroatoms. The molecule has 42 heavy (non-hydrogen) atoms. The van der Waals surface area contributed by atoms with Crippen LogP contribution in [0.2, 0.25) is 0 Å². The fourth-order valence-corrected chi connectivity index (χ4v) is 5.10. The van der Waals surface area contributed by atoms with Crippen molar-refractivity contribution >= 4 is 10.1 Å². The number of aryl methyl sites for hydroxylation is 1. The third-order valence-corrected chi connectivity index (χ3v) is 7.10. The van der Waals surface area contributed by atoms with Gasteiger partial charge in [0.2, 0.25) is 0 Å². The summed E-state index contributed by atoms with van der Waals surface area (Å²) in [7, 11) is 2.47. The van der Waals surface area contributed by atoms with E-state index in [1.807, 2.05) is 31.2 Å². The monoisotopic (exact) mass is 594 g/mol. The Morgan fingerprint density at radius 2 is 1.33 bits per heavy atom. The number of methoxy groups -OCH3 is 4. The average Bonchev–Trinajstić information content (AvgIpc) is 2.98. The van der Waals surface area contributed by atoms with Crippen LogP contribution in [0.4, 0.5) is 0 Å². The quantitative estimate of drug-likeness (QED) is 0.204. The Morgan fingerprint density at radius 3 is 1.88 bits per heavy atom. The molecule has 0 saturated carbocycles. The molecule has 4 aromatic carbocycles. The predicted octanol–water partition coefficient (Wildman–Crippen LogP) is 5.77. The number of benzene rings is 4. The lowest BCUT2D eigenvalue weighted by Crippen LogP contribution is -2.05. The molecular formula is C32H34O9S. The van der Waals surface area contributed by atoms with E-state index in [0.717, 1.165) is 17.4 Å². The van der Waals surface area contributed by atoms with Crippen molar-refractivity contribution in [1.29, 1.82) is 0 Å². The van der Waals surface area contributed by atoms with Crippen molar-refractivity contribution in [2.75, 3.05) is 34.7 Å². The van der Waals surface area contributed by atoms with Crippen molar-refractivity contribution in [3.05, 3.63) is 83.4 Å². The van der Waals surface area contributed by atoms with E-state index in [1.54, 1.807) is 44.6 Å². The summed E-state index contributed by atoms with van der Waals surface area (Å²) in [5.74, 6) is 2.45. The molecule has 0 unspecified atom stereocenters. The highest BCUT2D eigenvalue weighted by Gasteiger charge is 2.25. The number of aliphatic hydroxyl groups is 1. The van der Waals surface area contributed by atoms with Gasteiger partial charge in [-0.2, -0.15) is 8.42 Å². The second-order valence-electron chi connectivity index (χ2n) is 9.46. The van der Waals surface area contributed by atoms with Gasteiger partial charge in [0.05, 0.1) is 41.3 Å². The van der Waals surface area contributed by atoms with Crippen LogP contribution in [0.15, 0.2) is 66.7 Å². The zero-order valence-electron chi connectivity index (χ0n) is 24.4. The SMILES string of the molecule is COc1cc(-c2c(OC)cc(-c3ccc(OS(C)(=O)=O)cc3)c(OC)c2CO)c(OC)cc1OCc1ccc(C)cc1. The predicted molar refractivity (Wildman–Crippen MR) is 160 cm³/mol. The standard InChI is InChI=1S/C32H34O9S/c1-20-7-9-21(10-8-20)19-40-29-17-27(36-2)25(16-28(29)37-3)31-26(18-33)32(39-5)24(15-30(31)38-4)22-11-13-23(14-12-22)41-42(6,34)35/h7-17,33H,18-19H2,1-6H3. The Hall–Kier alpha value is -4.41. The zero-order valence-corrected chi connectivity index (χ0v) is 25.2. The molecule has 0 aliphatic carbocycles. The van der Waals surface area contributed by atoms with Crippen molar-refractivity contribution in [1.82, 2.24) is 0 Å². The molecular weight excluding hydrogens is 560 g/mol. The molecule has 0 bridgehead atoms. The van der Waals surface area contributed by atoms with Crippen LogP contribution in [0.5, 0.6) is 34.5 Å². The van der Waals surface area contributed by atoms with E-state index in [-0.39, 0.29) is 12.4 Å². The summed E-state index contributed by atoms with van der Waals surface area (Å²) < 4.78 is 57.2. The van der Waals surface area contributed by atoms with Crippen LogP contribution in [0.1, 0.15) is 16.7 Å². The molecule has 0 atom stereocenters. The normalized spacial score (nSPS) is 11.1. The summed E-state index contributed by atoms with van der Waals surface area (Å²) in [5.41, 5.74) is 5.09. The molecule has 4 aromatic rings. The van der Waals surface area contributed by atoms with Gasteiger partial charge < -0.3 is 33.0 Å². The summed E-state index contributed by atoms with van der Waals surface area (Å²) in [6.45, 7) is 1.98. The second-order valence-corrected chi connectivity index (χ2v) is 11.0. The van der Waals surface area contributed by atoms with Crippen molar-refractivity contribution in [3.63, 3.8) is 0 Å². The van der Waals surface area contributed by atoms with Gasteiger partial charge >= 0.3 is 10.1 Å². The molecule has 0 spiro atoms. The molecule has 1 N–H and O–H groups in total. The Bertz CT molecular complexity index is 1650. The first-order valence-corrected chi connectivity index (χ1v) is 14.8. The minimum absolute atomic E-state index is 0.174. The van der Waals surface area contributed by atoms with Crippen molar-refractivity contribution in [3.8, 4) is 56.8 Å². The van der Waals surface area contributed by atoms with Gasteiger partial charge in [-0.25, -0.2) is 0 Å². The summed E-state index contributed by atoms with van der Waals surface area (Å²) >= 11 is 0. The average molecular weight is 595 g/mol. The fourth-order valence-electron chi connectivity index (χ4n) is 4.64. The Kier molecular flexibility index (Phi) is 9.49. The lowest BCUT2D eigenvalue weighted by Gasteiger charge is -2.22. The Balaban J connectivity index is 1.82. The van der Waals surface area contributed by atoms with Gasteiger partial charge in [-0.05, 0) is 42.3 Å². The number of aliphatic hydroxyl groups excluding tert-OH is 1. The minimum Gasteiger partial charge on any atom is -0.496 e. The van der Waals surface area contributed by atoms with Gasteiger partial charge in [0.1, 0.15) is 29.6 Å². The lowest BCUT2D eigenvalue weighted by atomic mass is 9.91. The van der Waals surface area contributed by atoms with E-state index in [0.29, 0.717) is 63.2 Å². The van der Waals surface area contributed by atoms with Crippen LogP contribution in [0.25, 0.3) is 22.3 Å². The number of hydrogen-bond acceptors (Lipinski definition) is 9. The Labute approximate surface area is 246 Å². The maximum absolute atomic E-state index is 11.5. The second kappa shape index (κ2) is 13.1. The molecule has 0 heterocycles. The molecule has 0 amide bonds. The molecule has 0 aliphatic heterocycles. The van der Waals surface area contributed by atoms with E-state index in [2.05, 4.69) is 0 Å². The third kappa shape index (κ3) is 6.72. The zero-order chi connectivity index (χ0) is 30.4. The first-order valence-electron chi connectivity index (χ1n) is 13.0. The van der Waals surface area contributed by atoms with E-state index in [1.165, 1.54) is 26.4 Å². The maximum atomic E-state index is 11.5. The first-order chi connectivity index (χ1) is 20.1. The first kappa shape index (κ1) is 30.5. The van der Waals surface area contributed by atoms with Crippen LogP contribution in [-0.4, -0.2) is 48.2 Å². The van der Waals surface area contributed by atoms with Crippen LogP contribution >= 0.6 is 0 Å². The smallest absolute Gasteiger partial charge is 0.306 e. The topological polar surface area (TPSA) is 110 Å². The van der Waals surface area contributed by atoms with E-state index >= 15 is 0 Å². The van der Waals surface area contributed by atoms with Gasteiger partial charge in [-0.3, -0.25) is 0 Å². The van der Waals surface area contributed by atoms with Crippen LogP contribution in [0, 0.1) is 6.92 Å². The van der Waals surface area contributed by atoms with Crippen LogP contribution in [-0.2, 0) is 23.3 Å². The lowest BCUT2D eigenvalue weighted by molar-refractivity contribution is 0.273. The number of rotatable bonds is 12. The van der Waals surface area contributed by atoms with Gasteiger partial charge in [-0.15, -0.1) is 0 Å². The van der Waals surface area contributed by atoms with E-state index in [9.17, 15) is 13.5 Å². The van der Waals surface area contributed by atoms with E-state index < -0.39 is 10.1 Å². The molecule has 0 radical (unpaired) electrons. The van der Waals surface area contributed by atoms with Crippen molar-refractivity contribution in [2.24, 2.45) is 0 Å². The molecule has 0 saturated heterocycles. The summed E-state index contributed by atoms with van der Waals surface area (Å²) in [5, 5.41) is 10.6. The fraction of sp³-hybridized carbons (Fsp3) is 0.250. The van der Waals surface area contributed by atoms with E-state index in [4.69, 9.17) is 27.9 Å². The van der Waals surface area contributed by atoms with Crippen molar-refractivity contribution in [2.45, 2.75) is 20.1 Å². The van der Waals surface area contributed by atoms with Gasteiger partial charge in [0.25, 0.3) is 0 Å². The molecule has 222 valence electrons. The van der Waals surface area contributed by atoms with Crippen LogP contribution < -0.4 is 27.9 Å². The van der Waals surface area contributed by atoms with Gasteiger partial charge in [0.15, 0.2) is 11.5 Å². The summed E-state index contributed by atoms with van der Waals surface area (Å²) in [6, 6.07) is 19.8. The summed E-state index contributed by atoms with van der Waals surface area (Å²) in [4.78, 5) is 0. The number of hydrogen-bond donors (Lipinski definition) is 1. The number of ether oxygens (including phenoxy) is 5. The molecule has 0 aliphatic rings. The molecule has 9 nitrogen and oxygen atoms in total. The van der Waals surface area contributed by atoms with Gasteiger partial charge in [0, 0.05) is 28.3 Å². The third-order valence-electron chi connectivity index (χ3n) is 6.61. The molecule has 4 rings (SSSR count). The van der Waals surface area contributed by atoms with Crippen LogP contribution in [0.3, 0.4) is 0 Å². The largest absolute Gasteiger partial charge is 0.496 e. The van der Waals surface area contributed by atoms with Gasteiger partial charge in [-0.1, -0.05) is 42.0 Å². The van der Waals surface area contributed by atoms with Crippen molar-refractivity contribution < 1.29 is 41.4 Å². The molecule has 0 aromatic heterocycles. The maximum Gasteiger partial charge on any atom is 0.306 e. The highest BCUT2D eigenvalue weighted by Crippen LogP contribution is 2.50. The minimum atomic E-state index is -3.67.